The summed E-state index contributed by atoms with van der Waals surface area (Å²) in [4.78, 5) is 0.281. The highest BCUT2D eigenvalue weighted by Gasteiger charge is 2.07. The van der Waals surface area contributed by atoms with E-state index in [1.807, 2.05) is 38.1 Å². The maximum atomic E-state index is 6.11. The molecule has 0 spiro atoms. The molecule has 2 nitrogen and oxygen atoms in total. The molecule has 2 aromatic rings. The molecule has 98 valence electrons. The normalized spacial score (nSPS) is 10.3. The maximum Gasteiger partial charge on any atom is 0.130 e. The Morgan fingerprint density at radius 1 is 1.21 bits per heavy atom. The zero-order chi connectivity index (χ0) is 14.0. The lowest BCUT2D eigenvalue weighted by Crippen LogP contribution is -2.09. The van der Waals surface area contributed by atoms with Crippen LogP contribution in [0.4, 0.5) is 0 Å². The topological polar surface area (TPSA) is 35.2 Å². The van der Waals surface area contributed by atoms with Crippen LogP contribution in [0.2, 0.25) is 5.02 Å². The Labute approximate surface area is 123 Å². The number of aryl methyl sites for hydroxylation is 1. The lowest BCUT2D eigenvalue weighted by molar-refractivity contribution is 0.478. The van der Waals surface area contributed by atoms with Gasteiger partial charge in [0.2, 0.25) is 0 Å². The fourth-order valence-corrected chi connectivity index (χ4v) is 2.23. The highest BCUT2D eigenvalue weighted by atomic mass is 35.5. The summed E-state index contributed by atoms with van der Waals surface area (Å²) in [7, 11) is 0. The molecule has 0 aliphatic heterocycles. The molecule has 19 heavy (non-hydrogen) atoms. The van der Waals surface area contributed by atoms with E-state index in [2.05, 4.69) is 0 Å². The summed E-state index contributed by atoms with van der Waals surface area (Å²) >= 11 is 11.0. The van der Waals surface area contributed by atoms with Gasteiger partial charge in [-0.1, -0.05) is 36.0 Å². The minimum atomic E-state index is 0.281. The molecule has 0 aliphatic rings. The Kier molecular flexibility index (Phi) is 4.08. The molecule has 0 saturated heterocycles. The van der Waals surface area contributed by atoms with Crippen LogP contribution >= 0.6 is 23.8 Å². The van der Waals surface area contributed by atoms with Crippen molar-refractivity contribution in [1.29, 1.82) is 0 Å². The third kappa shape index (κ3) is 3.06. The summed E-state index contributed by atoms with van der Waals surface area (Å²) in [5.41, 5.74) is 8.52. The Hall–Kier alpha value is -1.58. The predicted molar refractivity (Wildman–Crippen MR) is 83.3 cm³/mol. The van der Waals surface area contributed by atoms with Crippen LogP contribution in [0, 0.1) is 13.8 Å². The Balaban J connectivity index is 2.32. The second-order valence-corrected chi connectivity index (χ2v) is 5.15. The van der Waals surface area contributed by atoms with Crippen LogP contribution in [-0.2, 0) is 0 Å². The first-order valence-electron chi connectivity index (χ1n) is 5.82. The van der Waals surface area contributed by atoms with Crippen LogP contribution in [0.5, 0.6) is 11.5 Å². The minimum absolute atomic E-state index is 0.281. The highest BCUT2D eigenvalue weighted by Crippen LogP contribution is 2.29. The smallest absolute Gasteiger partial charge is 0.130 e. The summed E-state index contributed by atoms with van der Waals surface area (Å²) in [6, 6.07) is 11.2. The van der Waals surface area contributed by atoms with Crippen molar-refractivity contribution in [3.05, 3.63) is 58.1 Å². The van der Waals surface area contributed by atoms with E-state index in [1.54, 1.807) is 12.1 Å². The maximum absolute atomic E-state index is 6.11. The van der Waals surface area contributed by atoms with E-state index in [-0.39, 0.29) is 4.99 Å². The zero-order valence-corrected chi connectivity index (χ0v) is 12.3. The molecule has 0 heterocycles. The third-order valence-electron chi connectivity index (χ3n) is 2.99. The highest BCUT2D eigenvalue weighted by molar-refractivity contribution is 7.80. The van der Waals surface area contributed by atoms with E-state index in [1.165, 1.54) is 5.56 Å². The monoisotopic (exact) mass is 291 g/mol. The average molecular weight is 292 g/mol. The van der Waals surface area contributed by atoms with Gasteiger partial charge in [-0.15, -0.1) is 0 Å². The van der Waals surface area contributed by atoms with Gasteiger partial charge in [-0.3, -0.25) is 0 Å². The number of hydrogen-bond donors (Lipinski definition) is 1. The number of hydrogen-bond acceptors (Lipinski definition) is 2. The van der Waals surface area contributed by atoms with Gasteiger partial charge < -0.3 is 10.5 Å². The van der Waals surface area contributed by atoms with Crippen LogP contribution in [0.1, 0.15) is 16.7 Å². The van der Waals surface area contributed by atoms with Gasteiger partial charge in [-0.2, -0.15) is 0 Å². The molecular weight excluding hydrogens is 278 g/mol. The van der Waals surface area contributed by atoms with Gasteiger partial charge in [0.05, 0.1) is 5.02 Å². The molecule has 2 rings (SSSR count). The van der Waals surface area contributed by atoms with Crippen molar-refractivity contribution in [2.75, 3.05) is 0 Å². The minimum Gasteiger partial charge on any atom is -0.457 e. The molecule has 0 atom stereocenters. The first kappa shape index (κ1) is 13.8. The first-order valence-corrected chi connectivity index (χ1v) is 6.61. The van der Waals surface area contributed by atoms with Gasteiger partial charge in [-0.25, -0.2) is 0 Å². The number of rotatable bonds is 3. The number of halogens is 1. The lowest BCUT2D eigenvalue weighted by atomic mass is 10.1. The van der Waals surface area contributed by atoms with Gasteiger partial charge in [0, 0.05) is 11.6 Å². The SMILES string of the molecule is Cc1cccc(Oc2ccc(C(N)=S)c(Cl)c2)c1C. The van der Waals surface area contributed by atoms with Crippen molar-refractivity contribution >= 4 is 28.8 Å². The Bertz CT molecular complexity index is 640. The van der Waals surface area contributed by atoms with E-state index in [9.17, 15) is 0 Å². The predicted octanol–water partition coefficient (Wildman–Crippen LogP) is 4.38. The first-order chi connectivity index (χ1) is 8.99. The van der Waals surface area contributed by atoms with Crippen molar-refractivity contribution in [1.82, 2.24) is 0 Å². The van der Waals surface area contributed by atoms with Crippen molar-refractivity contribution in [3.8, 4) is 11.5 Å². The summed E-state index contributed by atoms with van der Waals surface area (Å²) in [6.07, 6.45) is 0. The van der Waals surface area contributed by atoms with E-state index in [0.29, 0.717) is 16.3 Å². The van der Waals surface area contributed by atoms with E-state index in [4.69, 9.17) is 34.3 Å². The summed E-state index contributed by atoms with van der Waals surface area (Å²) in [5, 5.41) is 0.496. The van der Waals surface area contributed by atoms with Crippen LogP contribution in [0.15, 0.2) is 36.4 Å². The number of ether oxygens (including phenoxy) is 1. The van der Waals surface area contributed by atoms with E-state index >= 15 is 0 Å². The number of thiocarbonyl (C=S) groups is 1. The third-order valence-corrected chi connectivity index (χ3v) is 3.52. The number of benzene rings is 2. The van der Waals surface area contributed by atoms with Gasteiger partial charge in [0.25, 0.3) is 0 Å². The second kappa shape index (κ2) is 5.59. The van der Waals surface area contributed by atoms with Gasteiger partial charge in [0.15, 0.2) is 0 Å². The fourth-order valence-electron chi connectivity index (χ4n) is 1.72. The van der Waals surface area contributed by atoms with Crippen LogP contribution < -0.4 is 10.5 Å². The molecule has 0 aromatic heterocycles. The molecule has 0 saturated carbocycles. The second-order valence-electron chi connectivity index (χ2n) is 4.31. The van der Waals surface area contributed by atoms with Gasteiger partial charge in [-0.05, 0) is 43.2 Å². The van der Waals surface area contributed by atoms with Gasteiger partial charge in [0.1, 0.15) is 16.5 Å². The van der Waals surface area contributed by atoms with E-state index in [0.717, 1.165) is 11.3 Å². The molecule has 0 bridgehead atoms. The van der Waals surface area contributed by atoms with Crippen molar-refractivity contribution < 1.29 is 4.74 Å². The van der Waals surface area contributed by atoms with E-state index < -0.39 is 0 Å². The summed E-state index contributed by atoms with van der Waals surface area (Å²) in [5.74, 6) is 1.48. The summed E-state index contributed by atoms with van der Waals surface area (Å²) < 4.78 is 5.84. The van der Waals surface area contributed by atoms with Crippen LogP contribution in [0.25, 0.3) is 0 Å². The molecule has 2 N–H and O–H groups in total. The van der Waals surface area contributed by atoms with Gasteiger partial charge >= 0.3 is 0 Å². The lowest BCUT2D eigenvalue weighted by Gasteiger charge is -2.11. The molecule has 0 aliphatic carbocycles. The van der Waals surface area contributed by atoms with Crippen molar-refractivity contribution in [2.24, 2.45) is 5.73 Å². The molecule has 2 aromatic carbocycles. The van der Waals surface area contributed by atoms with Crippen molar-refractivity contribution in [3.63, 3.8) is 0 Å². The fraction of sp³-hybridized carbons (Fsp3) is 0.133. The van der Waals surface area contributed by atoms with Crippen molar-refractivity contribution in [2.45, 2.75) is 13.8 Å². The standard InChI is InChI=1S/C15H14ClNOS/c1-9-4-3-5-14(10(9)2)18-11-6-7-12(15(17)19)13(16)8-11/h3-8H,1-2H3,(H2,17,19). The molecule has 0 amide bonds. The quantitative estimate of drug-likeness (QED) is 0.852. The average Bonchev–Trinajstić information content (AvgIpc) is 2.34. The molecule has 0 fully saturated rings. The molecular formula is C15H14ClNOS. The largest absolute Gasteiger partial charge is 0.457 e. The summed E-state index contributed by atoms with van der Waals surface area (Å²) in [6.45, 7) is 4.07. The molecule has 4 heteroatoms. The van der Waals surface area contributed by atoms with Crippen LogP contribution in [0.3, 0.4) is 0 Å². The van der Waals surface area contributed by atoms with Crippen LogP contribution in [-0.4, -0.2) is 4.99 Å². The molecule has 0 radical (unpaired) electrons. The zero-order valence-electron chi connectivity index (χ0n) is 10.7. The Morgan fingerprint density at radius 3 is 2.58 bits per heavy atom. The Morgan fingerprint density at radius 2 is 1.95 bits per heavy atom. The molecule has 0 unspecified atom stereocenters. The number of nitrogens with two attached hydrogens (primary N) is 1.